The molecular formula is C26H22N6O9. The highest BCUT2D eigenvalue weighted by atomic mass is 16.6. The molecule has 210 valence electrons. The van der Waals surface area contributed by atoms with Gasteiger partial charge in [0.05, 0.1) is 29.7 Å². The number of carboxylic acid groups (broad SMARTS) is 1. The summed E-state index contributed by atoms with van der Waals surface area (Å²) >= 11 is 0. The summed E-state index contributed by atoms with van der Waals surface area (Å²) in [6, 6.07) is 11.6. The summed E-state index contributed by atoms with van der Waals surface area (Å²) in [6.45, 7) is 2.26. The number of carboxylic acids is 1. The van der Waals surface area contributed by atoms with Crippen LogP contribution in [0.2, 0.25) is 0 Å². The van der Waals surface area contributed by atoms with E-state index in [-0.39, 0.29) is 17.9 Å². The van der Waals surface area contributed by atoms with Crippen molar-refractivity contribution in [2.24, 2.45) is 4.99 Å². The van der Waals surface area contributed by atoms with E-state index in [4.69, 9.17) is 18.9 Å². The van der Waals surface area contributed by atoms with Crippen LogP contribution in [0.3, 0.4) is 0 Å². The predicted molar refractivity (Wildman–Crippen MR) is 140 cm³/mol. The lowest BCUT2D eigenvalue weighted by Crippen LogP contribution is -2.23. The van der Waals surface area contributed by atoms with Crippen LogP contribution in [0.15, 0.2) is 47.5 Å². The van der Waals surface area contributed by atoms with Crippen molar-refractivity contribution >= 4 is 23.5 Å². The zero-order chi connectivity index (χ0) is 29.5. The number of ether oxygens (including phenoxy) is 4. The van der Waals surface area contributed by atoms with Crippen LogP contribution in [0.25, 0.3) is 0 Å². The van der Waals surface area contributed by atoms with Crippen LogP contribution < -0.4 is 14.2 Å². The molecule has 41 heavy (non-hydrogen) atoms. The van der Waals surface area contributed by atoms with Crippen molar-refractivity contribution in [2.75, 3.05) is 33.4 Å². The van der Waals surface area contributed by atoms with Crippen molar-refractivity contribution in [1.82, 2.24) is 14.9 Å². The maximum atomic E-state index is 12.1. The summed E-state index contributed by atoms with van der Waals surface area (Å²) < 4.78 is 21.4. The predicted octanol–water partition coefficient (Wildman–Crippen LogP) is 3.17. The summed E-state index contributed by atoms with van der Waals surface area (Å²) in [6.07, 6.45) is 0. The molecule has 0 fully saturated rings. The van der Waals surface area contributed by atoms with Crippen molar-refractivity contribution in [1.29, 1.82) is 5.26 Å². The highest BCUT2D eigenvalue weighted by Gasteiger charge is 2.31. The lowest BCUT2D eigenvalue weighted by atomic mass is 10.1. The van der Waals surface area contributed by atoms with Gasteiger partial charge in [0.2, 0.25) is 0 Å². The summed E-state index contributed by atoms with van der Waals surface area (Å²) in [5.41, 5.74) is -0.564. The monoisotopic (exact) mass is 562 g/mol. The van der Waals surface area contributed by atoms with Gasteiger partial charge < -0.3 is 29.0 Å². The lowest BCUT2D eigenvalue weighted by Gasteiger charge is -2.15. The number of hydrogen-bond acceptors (Lipinski definition) is 13. The zero-order valence-electron chi connectivity index (χ0n) is 21.8. The van der Waals surface area contributed by atoms with E-state index in [1.54, 1.807) is 25.1 Å². The first-order chi connectivity index (χ1) is 19.7. The van der Waals surface area contributed by atoms with E-state index in [1.807, 2.05) is 24.1 Å². The number of nitro groups is 1. The fraction of sp³-hybridized carbons (Fsp3) is 0.231. The van der Waals surface area contributed by atoms with Gasteiger partial charge in [0.1, 0.15) is 22.9 Å². The Balaban J connectivity index is 1.79. The third-order valence-electron chi connectivity index (χ3n) is 5.52. The summed E-state index contributed by atoms with van der Waals surface area (Å²) in [4.78, 5) is 49.2. The maximum Gasteiger partial charge on any atom is 0.392 e. The van der Waals surface area contributed by atoms with Crippen LogP contribution in [0.1, 0.15) is 28.4 Å². The number of amidine groups is 1. The minimum Gasteiger partial charge on any atom is -0.478 e. The highest BCUT2D eigenvalue weighted by Crippen LogP contribution is 2.40. The first-order valence-electron chi connectivity index (χ1n) is 12.0. The van der Waals surface area contributed by atoms with Gasteiger partial charge in [-0.05, 0) is 37.3 Å². The molecule has 0 bridgehead atoms. The Morgan fingerprint density at radius 2 is 1.95 bits per heavy atom. The molecule has 1 aliphatic rings. The molecule has 4 rings (SSSR count). The van der Waals surface area contributed by atoms with Gasteiger partial charge in [0.15, 0.2) is 6.61 Å². The Morgan fingerprint density at radius 1 is 1.17 bits per heavy atom. The molecule has 2 aromatic carbocycles. The van der Waals surface area contributed by atoms with Gasteiger partial charge in [-0.25, -0.2) is 9.59 Å². The van der Waals surface area contributed by atoms with E-state index in [0.29, 0.717) is 6.54 Å². The zero-order valence-corrected chi connectivity index (χ0v) is 21.8. The molecule has 0 unspecified atom stereocenters. The molecule has 0 radical (unpaired) electrons. The number of carbonyl (C=O) groups is 2. The van der Waals surface area contributed by atoms with Crippen LogP contribution in [0.4, 0.5) is 5.69 Å². The van der Waals surface area contributed by atoms with Crippen LogP contribution in [0.5, 0.6) is 29.3 Å². The summed E-state index contributed by atoms with van der Waals surface area (Å²) in [5.74, 6) is -3.15. The van der Waals surface area contributed by atoms with Crippen molar-refractivity contribution in [3.63, 3.8) is 0 Å². The number of aromatic carboxylic acids is 1. The molecule has 0 aliphatic carbocycles. The minimum atomic E-state index is -1.42. The van der Waals surface area contributed by atoms with Crippen molar-refractivity contribution in [2.45, 2.75) is 6.92 Å². The highest BCUT2D eigenvalue weighted by molar-refractivity contribution is 5.99. The van der Waals surface area contributed by atoms with Crippen molar-refractivity contribution in [3.05, 3.63) is 69.3 Å². The third-order valence-corrected chi connectivity index (χ3v) is 5.52. The number of benzene rings is 2. The first-order valence-corrected chi connectivity index (χ1v) is 12.0. The summed E-state index contributed by atoms with van der Waals surface area (Å²) in [7, 11) is 1.89. The van der Waals surface area contributed by atoms with E-state index in [9.17, 15) is 30.1 Å². The normalized spacial score (nSPS) is 12.2. The van der Waals surface area contributed by atoms with E-state index in [2.05, 4.69) is 15.0 Å². The molecule has 2 heterocycles. The molecule has 15 heteroatoms. The molecule has 0 saturated carbocycles. The van der Waals surface area contributed by atoms with Gasteiger partial charge in [-0.2, -0.15) is 15.2 Å². The quantitative estimate of drug-likeness (QED) is 0.203. The number of likely N-dealkylation sites (N-methyl/N-ethyl adjacent to an activating group) is 1. The topological polar surface area (TPSA) is 200 Å². The number of carbonyl (C=O) groups excluding carboxylic acids is 1. The fourth-order valence-corrected chi connectivity index (χ4v) is 3.71. The standard InChI is InChI=1S/C26H22N6O9/c1-3-38-20(33)14-39-23-21(32(36)37)24(41-19-11-15(13-27)7-8-18(19)25(34)35)30-26(29-23)40-17-6-4-5-16(12-17)22-28-9-10-31(22)2/h4-8,11-12H,3,9-10,14H2,1-2H3,(H,34,35). The first kappa shape index (κ1) is 28.2. The van der Waals surface area contributed by atoms with E-state index >= 15 is 0 Å². The number of nitriles is 1. The third kappa shape index (κ3) is 6.63. The Hall–Kier alpha value is -5.78. The van der Waals surface area contributed by atoms with Gasteiger partial charge >= 0.3 is 35.4 Å². The fourth-order valence-electron chi connectivity index (χ4n) is 3.71. The average molecular weight is 562 g/mol. The van der Waals surface area contributed by atoms with Crippen LogP contribution in [-0.2, 0) is 9.53 Å². The second-order valence-electron chi connectivity index (χ2n) is 8.30. The molecule has 0 saturated heterocycles. The lowest BCUT2D eigenvalue weighted by molar-refractivity contribution is -0.387. The minimum absolute atomic E-state index is 0.0218. The number of esters is 1. The van der Waals surface area contributed by atoms with Gasteiger partial charge in [0.25, 0.3) is 0 Å². The van der Waals surface area contributed by atoms with Gasteiger partial charge in [0, 0.05) is 19.2 Å². The van der Waals surface area contributed by atoms with Crippen LogP contribution in [0, 0.1) is 21.4 Å². The van der Waals surface area contributed by atoms with Gasteiger partial charge in [-0.3, -0.25) is 15.1 Å². The summed E-state index contributed by atoms with van der Waals surface area (Å²) in [5, 5.41) is 30.9. The molecule has 1 N–H and O–H groups in total. The Labute approximate surface area is 232 Å². The van der Waals surface area contributed by atoms with Gasteiger partial charge in [-0.1, -0.05) is 12.1 Å². The molecule has 0 amide bonds. The number of aromatic nitrogens is 2. The second-order valence-corrected chi connectivity index (χ2v) is 8.30. The Morgan fingerprint density at radius 3 is 2.61 bits per heavy atom. The second kappa shape index (κ2) is 12.4. The van der Waals surface area contributed by atoms with Gasteiger partial charge in [-0.15, -0.1) is 0 Å². The number of hydrogen-bond donors (Lipinski definition) is 1. The van der Waals surface area contributed by atoms with Crippen molar-refractivity contribution < 1.29 is 38.6 Å². The largest absolute Gasteiger partial charge is 0.478 e. The molecular weight excluding hydrogens is 540 g/mol. The van der Waals surface area contributed by atoms with Crippen LogP contribution >= 0.6 is 0 Å². The van der Waals surface area contributed by atoms with Crippen LogP contribution in [-0.4, -0.2) is 76.0 Å². The molecule has 1 aromatic heterocycles. The van der Waals surface area contributed by atoms with E-state index in [1.165, 1.54) is 6.07 Å². The Bertz CT molecular complexity index is 1580. The smallest absolute Gasteiger partial charge is 0.392 e. The molecule has 0 spiro atoms. The van der Waals surface area contributed by atoms with E-state index in [0.717, 1.165) is 30.1 Å². The SMILES string of the molecule is CCOC(=O)COc1nc(Oc2cccc(C3=NCCN3C)c2)nc(Oc2cc(C#N)ccc2C(=O)O)c1[N+](=O)[O-]. The molecule has 3 aromatic rings. The van der Waals surface area contributed by atoms with E-state index < -0.39 is 58.2 Å². The number of aliphatic imine (C=N–C) groups is 1. The Kier molecular flexibility index (Phi) is 8.53. The van der Waals surface area contributed by atoms with Crippen molar-refractivity contribution in [3.8, 4) is 35.3 Å². The molecule has 0 atom stereocenters. The molecule has 15 nitrogen and oxygen atoms in total. The average Bonchev–Trinajstić information content (AvgIpc) is 3.37. The number of nitrogens with zero attached hydrogens (tertiary/aromatic N) is 6. The molecule has 1 aliphatic heterocycles. The maximum absolute atomic E-state index is 12.1. The number of rotatable bonds is 11.